The van der Waals surface area contributed by atoms with Gasteiger partial charge >= 0.3 is 18.0 Å². The van der Waals surface area contributed by atoms with Gasteiger partial charge in [0, 0.05) is 60.6 Å². The Bertz CT molecular complexity index is 1140. The van der Waals surface area contributed by atoms with Gasteiger partial charge < -0.3 is 34.5 Å². The normalized spacial score (nSPS) is 23.6. The molecule has 3 atom stereocenters. The number of nitrogens with zero attached hydrogens (tertiary/aromatic N) is 2. The van der Waals surface area contributed by atoms with Crippen LogP contribution in [0.1, 0.15) is 23.5 Å². The van der Waals surface area contributed by atoms with E-state index in [1.165, 1.54) is 22.0 Å². The molecule has 0 saturated carbocycles. The van der Waals surface area contributed by atoms with Gasteiger partial charge in [0.2, 0.25) is 0 Å². The average Bonchev–Trinajstić information content (AvgIpc) is 3.19. The predicted molar refractivity (Wildman–Crippen MR) is 135 cm³/mol. The summed E-state index contributed by atoms with van der Waals surface area (Å²) in [6, 6.07) is 7.08. The SMILES string of the molecule is CN1C[C@H](COC(=O)N2CCOCC2)C[C@@H]2c3cccc4[nH]c(Br)c(c34)C[C@H]21.O=C(O)/C=C\C(=O)O. The molecule has 3 aliphatic rings. The first kappa shape index (κ1) is 26.2. The molecule has 1 amide bonds. The zero-order valence-corrected chi connectivity index (χ0v) is 21.6. The molecule has 2 aromatic rings. The minimum atomic E-state index is -1.26. The highest BCUT2D eigenvalue weighted by Gasteiger charge is 2.40. The molecule has 0 radical (unpaired) electrons. The van der Waals surface area contributed by atoms with Crippen LogP contribution in [0.2, 0.25) is 0 Å². The van der Waals surface area contributed by atoms with Gasteiger partial charge in [-0.2, -0.15) is 0 Å². The van der Waals surface area contributed by atoms with E-state index in [1.807, 2.05) is 0 Å². The van der Waals surface area contributed by atoms with Gasteiger partial charge in [0.05, 0.1) is 24.4 Å². The summed E-state index contributed by atoms with van der Waals surface area (Å²) in [7, 11) is 2.21. The van der Waals surface area contributed by atoms with Crippen molar-refractivity contribution in [3.05, 3.63) is 46.1 Å². The highest BCUT2D eigenvalue weighted by molar-refractivity contribution is 9.10. The smallest absolute Gasteiger partial charge is 0.409 e. The van der Waals surface area contributed by atoms with Crippen molar-refractivity contribution < 1.29 is 34.1 Å². The van der Waals surface area contributed by atoms with Crippen molar-refractivity contribution in [2.24, 2.45) is 5.92 Å². The van der Waals surface area contributed by atoms with Gasteiger partial charge in [-0.1, -0.05) is 12.1 Å². The number of fused-ring (bicyclic) bond motifs is 2. The number of benzene rings is 1. The van der Waals surface area contributed by atoms with Crippen LogP contribution in [0.3, 0.4) is 0 Å². The van der Waals surface area contributed by atoms with E-state index in [-0.39, 0.29) is 6.09 Å². The average molecular weight is 564 g/mol. The molecule has 1 aliphatic carbocycles. The topological polar surface area (TPSA) is 132 Å². The molecule has 1 aromatic carbocycles. The molecule has 194 valence electrons. The van der Waals surface area contributed by atoms with E-state index in [4.69, 9.17) is 19.7 Å². The van der Waals surface area contributed by atoms with E-state index in [1.54, 1.807) is 4.90 Å². The van der Waals surface area contributed by atoms with Crippen molar-refractivity contribution >= 4 is 44.9 Å². The highest BCUT2D eigenvalue weighted by Crippen LogP contribution is 2.46. The zero-order chi connectivity index (χ0) is 25.8. The number of carbonyl (C=O) groups is 3. The van der Waals surface area contributed by atoms with Crippen LogP contribution in [0.15, 0.2) is 35.0 Å². The quantitative estimate of drug-likeness (QED) is 0.483. The number of rotatable bonds is 4. The minimum absolute atomic E-state index is 0.198. The molecule has 0 bridgehead atoms. The number of aliphatic carboxylic acids is 2. The van der Waals surface area contributed by atoms with Gasteiger partial charge in [-0.25, -0.2) is 14.4 Å². The number of amides is 1. The van der Waals surface area contributed by atoms with E-state index in [0.29, 0.717) is 62.9 Å². The van der Waals surface area contributed by atoms with Gasteiger partial charge in [-0.3, -0.25) is 0 Å². The molecular formula is C25H30BrN3O7. The maximum atomic E-state index is 12.4. The van der Waals surface area contributed by atoms with Crippen molar-refractivity contribution in [2.45, 2.75) is 24.8 Å². The van der Waals surface area contributed by atoms with Crippen LogP contribution < -0.4 is 0 Å². The number of H-pyrrole nitrogens is 1. The largest absolute Gasteiger partial charge is 0.478 e. The molecule has 2 aliphatic heterocycles. The standard InChI is InChI=1S/C21H26BrN3O3.C4H4O4/c1-24-11-13(12-28-21(26)25-5-7-27-8-6-25)9-15-14-3-2-4-17-19(14)16(10-18(15)24)20(22)23-17;5-3(6)1-2-4(7)8/h2-4,13,15,18,23H,5-12H2,1H3;1-2H,(H,5,6)(H,7,8)/b;2-1-/t13-,15-,18-;/m1./s1. The second-order valence-electron chi connectivity index (χ2n) is 9.29. The van der Waals surface area contributed by atoms with Gasteiger partial charge in [-0.15, -0.1) is 0 Å². The number of carboxylic acid groups (broad SMARTS) is 2. The van der Waals surface area contributed by atoms with Gasteiger partial charge in [0.25, 0.3) is 0 Å². The maximum Gasteiger partial charge on any atom is 0.409 e. The fraction of sp³-hybridized carbons (Fsp3) is 0.480. The monoisotopic (exact) mass is 563 g/mol. The fourth-order valence-electron chi connectivity index (χ4n) is 5.39. The van der Waals surface area contributed by atoms with Crippen LogP contribution in [-0.2, 0) is 25.5 Å². The molecule has 0 unspecified atom stereocenters. The lowest BCUT2D eigenvalue weighted by atomic mass is 9.72. The lowest BCUT2D eigenvalue weighted by molar-refractivity contribution is -0.134. The van der Waals surface area contributed by atoms with E-state index in [9.17, 15) is 14.4 Å². The van der Waals surface area contributed by atoms with Gasteiger partial charge in [-0.05, 0) is 53.0 Å². The molecule has 2 fully saturated rings. The Morgan fingerprint density at radius 3 is 2.56 bits per heavy atom. The number of ether oxygens (including phenoxy) is 2. The second kappa shape index (κ2) is 11.4. The number of piperidine rings is 1. The number of carbonyl (C=O) groups excluding carboxylic acids is 1. The number of hydrogen-bond donors (Lipinski definition) is 3. The second-order valence-corrected chi connectivity index (χ2v) is 10.1. The summed E-state index contributed by atoms with van der Waals surface area (Å²) in [6.07, 6.45) is 3.03. The zero-order valence-electron chi connectivity index (χ0n) is 20.0. The summed E-state index contributed by atoms with van der Waals surface area (Å²) in [5.74, 6) is -1.68. The van der Waals surface area contributed by atoms with E-state index >= 15 is 0 Å². The van der Waals surface area contributed by atoms with Crippen LogP contribution in [0.25, 0.3) is 10.9 Å². The number of aromatic nitrogens is 1. The number of aromatic amines is 1. The van der Waals surface area contributed by atoms with Crippen LogP contribution >= 0.6 is 15.9 Å². The van der Waals surface area contributed by atoms with Gasteiger partial charge in [0.1, 0.15) is 0 Å². The molecule has 1 aromatic heterocycles. The van der Waals surface area contributed by atoms with Crippen LogP contribution in [0.5, 0.6) is 0 Å². The van der Waals surface area contributed by atoms with Crippen molar-refractivity contribution in [1.82, 2.24) is 14.8 Å². The first-order chi connectivity index (χ1) is 17.2. The van der Waals surface area contributed by atoms with Crippen molar-refractivity contribution in [1.29, 1.82) is 0 Å². The first-order valence-corrected chi connectivity index (χ1v) is 12.7. The Balaban J connectivity index is 0.000000331. The third kappa shape index (κ3) is 5.91. The van der Waals surface area contributed by atoms with Crippen molar-refractivity contribution in [3.63, 3.8) is 0 Å². The number of hydrogen-bond acceptors (Lipinski definition) is 6. The lowest BCUT2D eigenvalue weighted by Crippen LogP contribution is -2.49. The Morgan fingerprint density at radius 1 is 1.19 bits per heavy atom. The van der Waals surface area contributed by atoms with E-state index < -0.39 is 11.9 Å². The fourth-order valence-corrected chi connectivity index (χ4v) is 5.96. The number of morpholine rings is 1. The number of likely N-dealkylation sites (tertiary alicyclic amines) is 1. The molecule has 36 heavy (non-hydrogen) atoms. The van der Waals surface area contributed by atoms with Crippen LogP contribution in [0.4, 0.5) is 4.79 Å². The summed E-state index contributed by atoms with van der Waals surface area (Å²) in [5, 5.41) is 17.0. The van der Waals surface area contributed by atoms with E-state index in [2.05, 4.69) is 51.1 Å². The molecule has 3 heterocycles. The number of halogens is 1. The van der Waals surface area contributed by atoms with E-state index in [0.717, 1.165) is 24.0 Å². The molecule has 3 N–H and O–H groups in total. The van der Waals surface area contributed by atoms with Crippen molar-refractivity contribution in [3.8, 4) is 0 Å². The molecular weight excluding hydrogens is 534 g/mol. The summed E-state index contributed by atoms with van der Waals surface area (Å²) in [5.41, 5.74) is 4.04. The minimum Gasteiger partial charge on any atom is -0.478 e. The molecule has 11 heteroatoms. The highest BCUT2D eigenvalue weighted by atomic mass is 79.9. The summed E-state index contributed by atoms with van der Waals surface area (Å²) >= 11 is 3.72. The van der Waals surface area contributed by atoms with Gasteiger partial charge in [0.15, 0.2) is 0 Å². The molecule has 0 spiro atoms. The third-order valence-electron chi connectivity index (χ3n) is 6.96. The predicted octanol–water partition coefficient (Wildman–Crippen LogP) is 3.07. The Labute approximate surface area is 217 Å². The van der Waals surface area contributed by atoms with Crippen LogP contribution in [0, 0.1) is 5.92 Å². The molecule has 5 rings (SSSR count). The Kier molecular flexibility index (Phi) is 8.32. The Hall–Kier alpha value is -2.89. The van der Waals surface area contributed by atoms with Crippen molar-refractivity contribution in [2.75, 3.05) is 46.5 Å². The number of carboxylic acids is 2. The first-order valence-electron chi connectivity index (χ1n) is 11.9. The molecule has 10 nitrogen and oxygen atoms in total. The maximum absolute atomic E-state index is 12.4. The summed E-state index contributed by atoms with van der Waals surface area (Å²) in [4.78, 5) is 39.2. The molecule has 2 saturated heterocycles. The number of likely N-dealkylation sites (N-methyl/N-ethyl adjacent to an activating group) is 1. The Morgan fingerprint density at radius 2 is 1.89 bits per heavy atom. The number of nitrogens with one attached hydrogen (secondary N) is 1. The summed E-state index contributed by atoms with van der Waals surface area (Å²) < 4.78 is 12.1. The lowest BCUT2D eigenvalue weighted by Gasteiger charge is -2.45. The van der Waals surface area contributed by atoms with Crippen LogP contribution in [-0.4, -0.2) is 95.6 Å². The third-order valence-corrected chi connectivity index (χ3v) is 7.64. The summed E-state index contributed by atoms with van der Waals surface area (Å²) in [6.45, 7) is 3.91.